The number of aromatic nitrogens is 2. The Balaban J connectivity index is 1.04. The average molecular weight is 800 g/mol. The lowest BCUT2D eigenvalue weighted by Crippen LogP contribution is -2.09. The van der Waals surface area contributed by atoms with E-state index < -0.39 is 137 Å². The Labute approximate surface area is 376 Å². The first kappa shape index (κ1) is 21.1. The lowest BCUT2D eigenvalue weighted by atomic mass is 10.0. The first-order valence-corrected chi connectivity index (χ1v) is 19.0. The van der Waals surface area contributed by atoms with Crippen LogP contribution < -0.4 is 4.90 Å². The van der Waals surface area contributed by atoms with Crippen LogP contribution in [0.4, 0.5) is 17.1 Å². The van der Waals surface area contributed by atoms with Crippen molar-refractivity contribution in [3.63, 3.8) is 0 Å². The maximum Gasteiger partial charge on any atom is 0.180 e. The molecule has 0 radical (unpaired) electrons. The zero-order chi connectivity index (χ0) is 55.9. The Morgan fingerprint density at radius 2 is 1.07 bits per heavy atom. The van der Waals surface area contributed by atoms with Gasteiger partial charge in [0.2, 0.25) is 0 Å². The van der Waals surface area contributed by atoms with Gasteiger partial charge in [0.1, 0.15) is 28.0 Å². The molecule has 0 fully saturated rings. The van der Waals surface area contributed by atoms with Crippen LogP contribution in [-0.4, -0.2) is 9.97 Å². The summed E-state index contributed by atoms with van der Waals surface area (Å²) >= 11 is 0. The fourth-order valence-corrected chi connectivity index (χ4v) is 7.58. The molecule has 5 nitrogen and oxygen atoms in total. The molecule has 61 heavy (non-hydrogen) atoms. The third-order valence-corrected chi connectivity index (χ3v) is 10.4. The fraction of sp³-hybridized carbons (Fsp3) is 0. The highest BCUT2D eigenvalue weighted by Crippen LogP contribution is 2.42. The Hall–Kier alpha value is -8.28. The summed E-state index contributed by atoms with van der Waals surface area (Å²) in [5, 5.41) is 4.04. The van der Waals surface area contributed by atoms with Crippen LogP contribution in [0.5, 0.6) is 0 Å². The third-order valence-electron chi connectivity index (χ3n) is 10.4. The number of furan rings is 2. The van der Waals surface area contributed by atoms with Crippen LogP contribution in [0, 0.1) is 0 Å². The molecule has 0 bridgehead atoms. The summed E-state index contributed by atoms with van der Waals surface area (Å²) in [7, 11) is 0. The molecule has 3 aromatic heterocycles. The van der Waals surface area contributed by atoms with Crippen LogP contribution in [0.3, 0.4) is 0 Å². The summed E-state index contributed by atoms with van der Waals surface area (Å²) in [6, 6.07) is 15.7. The van der Waals surface area contributed by atoms with Crippen LogP contribution in [0.2, 0.25) is 0 Å². The molecule has 3 heterocycles. The standard InChI is InChI=1S/C56H35N3O2/c1-3-12-36(13-4-1)38-24-29-44(30-25-38)59(43-16-5-2-6-17-43)45-31-26-39(27-32-45)41-28-33-46-51(35-41)60-50-21-11-19-48(52(46)50)56-57-53(42-23-22-37-14-7-8-15-40(37)34-42)55-54(58-56)47-18-9-10-20-49(47)61-55/h1-35H/i1D,2D,3D,4D,5D,6D,12D,13D,16D,17D,24D,25D,26D,27D,29D,30D,31D,32D. The topological polar surface area (TPSA) is 55.3 Å². The maximum absolute atomic E-state index is 9.53. The van der Waals surface area contributed by atoms with Gasteiger partial charge in [-0.05, 0) is 106 Å². The first-order valence-electron chi connectivity index (χ1n) is 28.0. The van der Waals surface area contributed by atoms with Crippen LogP contribution in [0.1, 0.15) is 24.7 Å². The van der Waals surface area contributed by atoms with Gasteiger partial charge in [-0.1, -0.05) is 139 Å². The molecule has 5 heteroatoms. The summed E-state index contributed by atoms with van der Waals surface area (Å²) in [5.41, 5.74) is 0.283. The van der Waals surface area contributed by atoms with Gasteiger partial charge in [0, 0.05) is 44.3 Å². The van der Waals surface area contributed by atoms with Crippen molar-refractivity contribution in [3.8, 4) is 44.9 Å². The van der Waals surface area contributed by atoms with Gasteiger partial charge in [-0.3, -0.25) is 0 Å². The van der Waals surface area contributed by atoms with Gasteiger partial charge in [0.05, 0.1) is 24.7 Å². The zero-order valence-corrected chi connectivity index (χ0v) is 31.5. The van der Waals surface area contributed by atoms with Crippen LogP contribution in [0.15, 0.2) is 221 Å². The van der Waals surface area contributed by atoms with E-state index in [2.05, 4.69) is 0 Å². The SMILES string of the molecule is [2H]c1c([2H])c([2H])c(-c2c([2H])c([2H])c(N(c3c([2H])c([2H])c([2H])c([2H])c3[2H])c3c([2H])c([2H])c(-c4ccc5c(c4)oc4cccc(-c6nc(-c7ccc8ccccc8c7)c7oc8ccccc8c7n6)c45)c([2H])c3[2H])c([2H])c2[2H])c([2H])c1[2H]. The van der Waals surface area contributed by atoms with E-state index in [1.165, 1.54) is 6.07 Å². The molecule has 0 amide bonds. The lowest BCUT2D eigenvalue weighted by molar-refractivity contribution is 0.667. The van der Waals surface area contributed by atoms with Gasteiger partial charge in [-0.2, -0.15) is 0 Å². The van der Waals surface area contributed by atoms with Crippen LogP contribution in [-0.2, 0) is 0 Å². The number of hydrogen-bond acceptors (Lipinski definition) is 5. The van der Waals surface area contributed by atoms with Crippen LogP contribution in [0.25, 0.3) is 99.7 Å². The summed E-state index contributed by atoms with van der Waals surface area (Å²) in [5.74, 6) is 0.365. The van der Waals surface area contributed by atoms with Crippen molar-refractivity contribution in [2.45, 2.75) is 0 Å². The molecular weight excluding hydrogens is 747 g/mol. The van der Waals surface area contributed by atoms with Gasteiger partial charge >= 0.3 is 0 Å². The van der Waals surface area contributed by atoms with E-state index in [-0.39, 0.29) is 16.7 Å². The van der Waals surface area contributed by atoms with Gasteiger partial charge in [0.25, 0.3) is 0 Å². The highest BCUT2D eigenvalue weighted by molar-refractivity contribution is 6.14. The molecule has 0 unspecified atom stereocenters. The molecule has 0 saturated carbocycles. The predicted octanol–water partition coefficient (Wildman–Crippen LogP) is 15.6. The molecule has 12 aromatic rings. The van der Waals surface area contributed by atoms with Crippen molar-refractivity contribution in [2.75, 3.05) is 4.90 Å². The second kappa shape index (κ2) is 14.2. The zero-order valence-electron chi connectivity index (χ0n) is 49.5. The van der Waals surface area contributed by atoms with Gasteiger partial charge in [-0.25, -0.2) is 9.97 Å². The van der Waals surface area contributed by atoms with Crippen molar-refractivity contribution < 1.29 is 33.5 Å². The highest BCUT2D eigenvalue weighted by atomic mass is 16.3. The smallest absolute Gasteiger partial charge is 0.180 e. The van der Waals surface area contributed by atoms with E-state index in [1.807, 2.05) is 72.8 Å². The summed E-state index contributed by atoms with van der Waals surface area (Å²) in [6.45, 7) is 0. The van der Waals surface area contributed by atoms with Crippen LogP contribution >= 0.6 is 0 Å². The summed E-state index contributed by atoms with van der Waals surface area (Å²) < 4.78 is 173. The van der Waals surface area contributed by atoms with E-state index in [9.17, 15) is 8.22 Å². The van der Waals surface area contributed by atoms with E-state index in [0.717, 1.165) is 21.7 Å². The second-order valence-corrected chi connectivity index (χ2v) is 14.0. The molecule has 9 aromatic carbocycles. The number of fused-ring (bicyclic) bond motifs is 7. The minimum Gasteiger partial charge on any atom is -0.456 e. The average Bonchev–Trinajstić information content (AvgIpc) is 4.18. The number of rotatable bonds is 7. The van der Waals surface area contributed by atoms with Gasteiger partial charge < -0.3 is 13.7 Å². The van der Waals surface area contributed by atoms with Crippen molar-refractivity contribution in [1.82, 2.24) is 9.97 Å². The Morgan fingerprint density at radius 1 is 0.426 bits per heavy atom. The highest BCUT2D eigenvalue weighted by Gasteiger charge is 2.22. The number of benzene rings is 9. The molecule has 0 spiro atoms. The number of nitrogens with zero attached hydrogens (tertiary/aromatic N) is 3. The number of para-hydroxylation sites is 2. The van der Waals surface area contributed by atoms with E-state index >= 15 is 0 Å². The Bertz CT molecular complexity index is 4580. The van der Waals surface area contributed by atoms with Crippen molar-refractivity contribution in [3.05, 3.63) is 212 Å². The van der Waals surface area contributed by atoms with Gasteiger partial charge in [-0.15, -0.1) is 0 Å². The van der Waals surface area contributed by atoms with E-state index in [4.69, 9.17) is 35.3 Å². The largest absolute Gasteiger partial charge is 0.456 e. The quantitative estimate of drug-likeness (QED) is 0.161. The monoisotopic (exact) mass is 799 g/mol. The van der Waals surface area contributed by atoms with Gasteiger partial charge in [0.15, 0.2) is 11.4 Å². The summed E-state index contributed by atoms with van der Waals surface area (Å²) in [4.78, 5) is 10.8. The molecule has 286 valence electrons. The molecule has 0 N–H and O–H groups in total. The molecular formula is C56H35N3O2. The first-order chi connectivity index (χ1) is 37.7. The Kier molecular flexibility index (Phi) is 4.92. The minimum atomic E-state index is -1.04. The lowest BCUT2D eigenvalue weighted by Gasteiger charge is -2.26. The molecule has 0 aliphatic heterocycles. The molecule has 0 saturated heterocycles. The minimum absolute atomic E-state index is 0.138. The van der Waals surface area contributed by atoms with E-state index in [0.29, 0.717) is 55.0 Å². The maximum atomic E-state index is 9.53. The Morgan fingerprint density at radius 3 is 1.85 bits per heavy atom. The van der Waals surface area contributed by atoms with Crippen molar-refractivity contribution in [2.24, 2.45) is 0 Å². The molecule has 12 rings (SSSR count). The van der Waals surface area contributed by atoms with Crippen molar-refractivity contribution >= 4 is 71.8 Å². The third kappa shape index (κ3) is 6.02. The molecule has 0 aliphatic carbocycles. The normalized spacial score (nSPS) is 15.7. The molecule has 0 aliphatic rings. The number of hydrogen-bond donors (Lipinski definition) is 0. The molecule has 0 atom stereocenters. The second-order valence-electron chi connectivity index (χ2n) is 14.0. The van der Waals surface area contributed by atoms with Crippen molar-refractivity contribution in [1.29, 1.82) is 0 Å². The van der Waals surface area contributed by atoms with E-state index in [1.54, 1.807) is 24.3 Å². The summed E-state index contributed by atoms with van der Waals surface area (Å²) in [6.07, 6.45) is 0. The number of anilines is 3. The predicted molar refractivity (Wildman–Crippen MR) is 251 cm³/mol. The fourth-order valence-electron chi connectivity index (χ4n) is 7.58.